The fourth-order valence-corrected chi connectivity index (χ4v) is 5.44. The molecule has 11 heteroatoms. The van der Waals surface area contributed by atoms with Crippen molar-refractivity contribution in [3.8, 4) is 0 Å². The van der Waals surface area contributed by atoms with E-state index in [4.69, 9.17) is 5.11 Å². The second kappa shape index (κ2) is 6.61. The van der Waals surface area contributed by atoms with Gasteiger partial charge in [-0.05, 0) is 6.07 Å². The number of hydrogen-bond donors (Lipinski definition) is 2. The predicted octanol–water partition coefficient (Wildman–Crippen LogP) is 0.391. The van der Waals surface area contributed by atoms with E-state index in [1.165, 1.54) is 16.6 Å². The molecule has 2 N–H and O–H groups in total. The van der Waals surface area contributed by atoms with Gasteiger partial charge in [0.1, 0.15) is 10.6 Å². The van der Waals surface area contributed by atoms with Crippen molar-refractivity contribution in [3.05, 3.63) is 18.0 Å². The molecule has 0 radical (unpaired) electrons. The van der Waals surface area contributed by atoms with Gasteiger partial charge in [0, 0.05) is 43.8 Å². The Kier molecular flexibility index (Phi) is 4.82. The number of carbonyl (C=O) groups is 2. The number of likely N-dealkylation sites (tertiary alicyclic amines) is 1. The van der Waals surface area contributed by atoms with Crippen molar-refractivity contribution in [2.24, 2.45) is 0 Å². The first kappa shape index (κ1) is 18.2. The Morgan fingerprint density at radius 2 is 1.96 bits per heavy atom. The number of nitrogens with zero attached hydrogens (tertiary/aromatic N) is 2. The summed E-state index contributed by atoms with van der Waals surface area (Å²) in [6.45, 7) is 0.241. The summed E-state index contributed by atoms with van der Waals surface area (Å²) in [4.78, 5) is 27.0. The Bertz CT molecular complexity index is 790. The molecule has 3 heterocycles. The Morgan fingerprint density at radius 1 is 1.28 bits per heavy atom. The highest BCUT2D eigenvalue weighted by Gasteiger charge is 2.47. The molecule has 25 heavy (non-hydrogen) atoms. The number of thioether (sulfide) groups is 1. The van der Waals surface area contributed by atoms with Crippen molar-refractivity contribution in [2.75, 3.05) is 37.7 Å². The number of halogens is 1. The lowest BCUT2D eigenvalue weighted by Crippen LogP contribution is -2.39. The zero-order chi connectivity index (χ0) is 18.2. The highest BCUT2D eigenvalue weighted by atomic mass is 32.2. The molecule has 3 rings (SSSR count). The molecule has 1 unspecified atom stereocenters. The number of carbonyl (C=O) groups excluding carboxylic acids is 1. The van der Waals surface area contributed by atoms with Crippen LogP contribution in [0.25, 0.3) is 0 Å². The highest BCUT2D eigenvalue weighted by molar-refractivity contribution is 7.99. The van der Waals surface area contributed by atoms with Crippen LogP contribution in [-0.4, -0.2) is 82.9 Å². The summed E-state index contributed by atoms with van der Waals surface area (Å²) in [5, 5.41) is 8.89. The number of aromatic amines is 1. The van der Waals surface area contributed by atoms with Crippen LogP contribution in [0.1, 0.15) is 16.9 Å². The molecule has 1 atom stereocenters. The molecular weight excluding hydrogens is 373 g/mol. The first-order valence-electron chi connectivity index (χ1n) is 7.72. The van der Waals surface area contributed by atoms with Crippen molar-refractivity contribution in [1.82, 2.24) is 14.2 Å². The van der Waals surface area contributed by atoms with Crippen LogP contribution in [-0.2, 0) is 14.8 Å². The molecule has 2 aliphatic heterocycles. The van der Waals surface area contributed by atoms with Gasteiger partial charge in [-0.25, -0.2) is 17.6 Å². The molecule has 1 aromatic rings. The number of sulfonamides is 1. The van der Waals surface area contributed by atoms with Gasteiger partial charge in [0.25, 0.3) is 5.91 Å². The molecule has 2 aliphatic rings. The quantitative estimate of drug-likeness (QED) is 0.768. The molecule has 0 aromatic carbocycles. The Morgan fingerprint density at radius 3 is 2.56 bits per heavy atom. The summed E-state index contributed by atoms with van der Waals surface area (Å²) < 4.78 is 40.6. The largest absolute Gasteiger partial charge is 0.479 e. The van der Waals surface area contributed by atoms with E-state index in [1.54, 1.807) is 11.8 Å². The lowest BCUT2D eigenvalue weighted by Gasteiger charge is -2.24. The molecule has 0 bridgehead atoms. The highest BCUT2D eigenvalue weighted by Crippen LogP contribution is 2.28. The van der Waals surface area contributed by atoms with Gasteiger partial charge in [-0.2, -0.15) is 16.1 Å². The molecule has 8 nitrogen and oxygen atoms in total. The van der Waals surface area contributed by atoms with Gasteiger partial charge >= 0.3 is 5.97 Å². The first-order chi connectivity index (χ1) is 11.7. The number of carboxylic acids is 1. The number of carboxylic acid groups (broad SMARTS) is 1. The molecule has 1 amide bonds. The topological polar surface area (TPSA) is 111 Å². The summed E-state index contributed by atoms with van der Waals surface area (Å²) in [6.07, 6.45) is 0.950. The van der Waals surface area contributed by atoms with Crippen molar-refractivity contribution in [3.63, 3.8) is 0 Å². The van der Waals surface area contributed by atoms with Crippen LogP contribution in [0.15, 0.2) is 17.2 Å². The Labute approximate surface area is 148 Å². The number of H-pyrrole nitrogens is 1. The van der Waals surface area contributed by atoms with Gasteiger partial charge in [-0.15, -0.1) is 0 Å². The smallest absolute Gasteiger partial charge is 0.343 e. The third-order valence-corrected chi connectivity index (χ3v) is 7.20. The molecule has 2 saturated heterocycles. The van der Waals surface area contributed by atoms with E-state index in [0.29, 0.717) is 13.1 Å². The number of aromatic nitrogens is 1. The average Bonchev–Trinajstić information content (AvgIpc) is 3.23. The van der Waals surface area contributed by atoms with E-state index in [1.807, 2.05) is 0 Å². The minimum atomic E-state index is -3.68. The van der Waals surface area contributed by atoms with Crippen molar-refractivity contribution in [2.45, 2.75) is 17.0 Å². The van der Waals surface area contributed by atoms with Crippen LogP contribution in [0.3, 0.4) is 0 Å². The van der Waals surface area contributed by atoms with Crippen LogP contribution >= 0.6 is 11.8 Å². The number of aliphatic carboxylic acids is 1. The monoisotopic (exact) mass is 391 g/mol. The van der Waals surface area contributed by atoms with Crippen molar-refractivity contribution >= 4 is 33.7 Å². The summed E-state index contributed by atoms with van der Waals surface area (Å²) >= 11 is 1.68. The maximum absolute atomic E-state index is 14.1. The average molecular weight is 391 g/mol. The third kappa shape index (κ3) is 3.40. The zero-order valence-electron chi connectivity index (χ0n) is 13.3. The van der Waals surface area contributed by atoms with Gasteiger partial charge in [0.2, 0.25) is 15.7 Å². The lowest BCUT2D eigenvalue weighted by atomic mass is 10.1. The summed E-state index contributed by atoms with van der Waals surface area (Å²) in [5.74, 6) is -0.773. The maximum Gasteiger partial charge on any atom is 0.343 e. The normalized spacial score (nSPS) is 25.2. The van der Waals surface area contributed by atoms with E-state index < -0.39 is 34.1 Å². The molecule has 0 aliphatic carbocycles. The van der Waals surface area contributed by atoms with Crippen LogP contribution in [0.5, 0.6) is 0 Å². The molecule has 0 saturated carbocycles. The van der Waals surface area contributed by atoms with E-state index >= 15 is 0 Å². The van der Waals surface area contributed by atoms with Crippen LogP contribution in [0, 0.1) is 0 Å². The Balaban J connectivity index is 1.75. The number of rotatable bonds is 4. The van der Waals surface area contributed by atoms with Gasteiger partial charge in [0.15, 0.2) is 0 Å². The van der Waals surface area contributed by atoms with Crippen molar-refractivity contribution in [1.29, 1.82) is 0 Å². The fourth-order valence-electron chi connectivity index (χ4n) is 2.87. The second-order valence-corrected chi connectivity index (χ2v) is 9.18. The SMILES string of the molecule is O=C(c1cc(S(=O)(=O)N2CCSCC2)c[nH]1)N1CCC(F)(C(=O)O)C1. The standard InChI is InChI=1S/C14H18FN3O5S2/c15-14(13(20)21)1-2-17(9-14)12(19)11-7-10(8-16-11)25(22,23)18-3-5-24-6-4-18/h7-8,16H,1-6,9H2,(H,20,21). The minimum Gasteiger partial charge on any atom is -0.479 e. The van der Waals surface area contributed by atoms with Crippen LogP contribution in [0.4, 0.5) is 4.39 Å². The van der Waals surface area contributed by atoms with E-state index in [0.717, 1.165) is 16.4 Å². The fraction of sp³-hybridized carbons (Fsp3) is 0.571. The summed E-state index contributed by atoms with van der Waals surface area (Å²) in [6, 6.07) is 1.22. The minimum absolute atomic E-state index is 0.000372. The predicted molar refractivity (Wildman–Crippen MR) is 88.9 cm³/mol. The van der Waals surface area contributed by atoms with Crippen LogP contribution in [0.2, 0.25) is 0 Å². The molecule has 1 aromatic heterocycles. The number of nitrogens with one attached hydrogen (secondary N) is 1. The third-order valence-electron chi connectivity index (χ3n) is 4.38. The number of amides is 1. The Hall–Kier alpha value is -1.59. The molecule has 2 fully saturated rings. The van der Waals surface area contributed by atoms with E-state index in [2.05, 4.69) is 4.98 Å². The molecule has 138 valence electrons. The second-order valence-electron chi connectivity index (χ2n) is 6.01. The van der Waals surface area contributed by atoms with Crippen molar-refractivity contribution < 1.29 is 27.5 Å². The summed E-state index contributed by atoms with van der Waals surface area (Å²) in [5.41, 5.74) is -2.46. The summed E-state index contributed by atoms with van der Waals surface area (Å²) in [7, 11) is -3.68. The molecule has 0 spiro atoms. The van der Waals surface area contributed by atoms with Gasteiger partial charge in [-0.3, -0.25) is 4.79 Å². The van der Waals surface area contributed by atoms with E-state index in [-0.39, 0.29) is 23.6 Å². The van der Waals surface area contributed by atoms with Gasteiger partial charge < -0.3 is 15.0 Å². The zero-order valence-corrected chi connectivity index (χ0v) is 14.9. The first-order valence-corrected chi connectivity index (χ1v) is 10.3. The van der Waals surface area contributed by atoms with Gasteiger partial charge in [-0.1, -0.05) is 0 Å². The number of hydrogen-bond acceptors (Lipinski definition) is 5. The van der Waals surface area contributed by atoms with E-state index in [9.17, 15) is 22.4 Å². The number of alkyl halides is 1. The lowest BCUT2D eigenvalue weighted by molar-refractivity contribution is -0.149. The van der Waals surface area contributed by atoms with Gasteiger partial charge in [0.05, 0.1) is 6.54 Å². The molecular formula is C14H18FN3O5S2. The van der Waals surface area contributed by atoms with Crippen LogP contribution < -0.4 is 0 Å². The maximum atomic E-state index is 14.1.